The Morgan fingerprint density at radius 3 is 2.20 bits per heavy atom. The summed E-state index contributed by atoms with van der Waals surface area (Å²) in [5.41, 5.74) is 2.77. The van der Waals surface area contributed by atoms with Gasteiger partial charge in [-0.1, -0.05) is 54.5 Å². The van der Waals surface area contributed by atoms with E-state index in [-0.39, 0.29) is 11.5 Å². The Bertz CT molecular complexity index is 1370. The van der Waals surface area contributed by atoms with E-state index in [0.29, 0.717) is 23.3 Å². The normalized spacial score (nSPS) is 11.5. The van der Waals surface area contributed by atoms with Crippen molar-refractivity contribution in [3.05, 3.63) is 89.7 Å². The molecule has 178 valence electrons. The molecule has 0 aliphatic rings. The maximum absolute atomic E-state index is 13.0. The number of ketones is 1. The lowest BCUT2D eigenvalue weighted by Crippen LogP contribution is -2.03. The van der Waals surface area contributed by atoms with Crippen LogP contribution in [0.5, 0.6) is 5.75 Å². The molecule has 0 N–H and O–H groups in total. The Morgan fingerprint density at radius 2 is 1.60 bits per heavy atom. The highest BCUT2D eigenvalue weighted by molar-refractivity contribution is 7.99. The molecule has 0 spiro atoms. The molecule has 35 heavy (non-hydrogen) atoms. The van der Waals surface area contributed by atoms with Gasteiger partial charge in [0.25, 0.3) is 0 Å². The van der Waals surface area contributed by atoms with Crippen LogP contribution in [0.15, 0.2) is 92.2 Å². The summed E-state index contributed by atoms with van der Waals surface area (Å²) in [5, 5.41) is 4.81. The fourth-order valence-corrected chi connectivity index (χ4v) is 4.39. The van der Waals surface area contributed by atoms with E-state index < -0.39 is 5.97 Å². The van der Waals surface area contributed by atoms with Gasteiger partial charge in [-0.2, -0.15) is 0 Å². The zero-order chi connectivity index (χ0) is 24.8. The van der Waals surface area contributed by atoms with E-state index >= 15 is 0 Å². The SMILES string of the molecule is CCC/C(=N\OC(C)=O)c1ccc(Sc2ccc(C(=O)c3cc4cccc(OC)c4o3)cc2)cc1. The first-order valence-corrected chi connectivity index (χ1v) is 12.0. The van der Waals surface area contributed by atoms with Gasteiger partial charge in [-0.25, -0.2) is 4.79 Å². The monoisotopic (exact) mass is 487 g/mol. The molecule has 0 aliphatic heterocycles. The molecule has 0 unspecified atom stereocenters. The van der Waals surface area contributed by atoms with Crippen molar-refractivity contribution in [3.63, 3.8) is 0 Å². The number of methoxy groups -OCH3 is 1. The lowest BCUT2D eigenvalue weighted by atomic mass is 10.1. The second-order valence-corrected chi connectivity index (χ2v) is 8.99. The highest BCUT2D eigenvalue weighted by atomic mass is 32.2. The molecule has 0 amide bonds. The zero-order valence-corrected chi connectivity index (χ0v) is 20.6. The van der Waals surface area contributed by atoms with Crippen LogP contribution in [0.4, 0.5) is 0 Å². The summed E-state index contributed by atoms with van der Waals surface area (Å²) in [6.07, 6.45) is 1.61. The number of benzene rings is 3. The van der Waals surface area contributed by atoms with E-state index in [9.17, 15) is 9.59 Å². The topological polar surface area (TPSA) is 78.1 Å². The minimum absolute atomic E-state index is 0.181. The van der Waals surface area contributed by atoms with Gasteiger partial charge in [-0.3, -0.25) is 4.79 Å². The molecule has 4 rings (SSSR count). The van der Waals surface area contributed by atoms with Gasteiger partial charge in [0.1, 0.15) is 0 Å². The highest BCUT2D eigenvalue weighted by Crippen LogP contribution is 2.31. The molecule has 0 fully saturated rings. The van der Waals surface area contributed by atoms with E-state index in [4.69, 9.17) is 14.0 Å². The minimum Gasteiger partial charge on any atom is -0.493 e. The standard InChI is InChI=1S/C28H25NO5S/c1-4-6-24(29-34-18(2)30)19-9-13-22(14-10-19)35-23-15-11-20(12-16-23)27(31)26-17-21-7-5-8-25(32-3)28(21)33-26/h5,7-17H,4,6H2,1-3H3/b29-24+. The van der Waals surface area contributed by atoms with Gasteiger partial charge in [0.15, 0.2) is 17.1 Å². The Balaban J connectivity index is 1.46. The summed E-state index contributed by atoms with van der Waals surface area (Å²) in [6, 6.07) is 22.7. The third kappa shape index (κ3) is 5.81. The summed E-state index contributed by atoms with van der Waals surface area (Å²) in [4.78, 5) is 30.9. The number of furan rings is 1. The van der Waals surface area contributed by atoms with Crippen LogP contribution in [0.1, 0.15) is 48.4 Å². The van der Waals surface area contributed by atoms with E-state index in [1.54, 1.807) is 43.1 Å². The van der Waals surface area contributed by atoms with Gasteiger partial charge in [0, 0.05) is 27.7 Å². The van der Waals surface area contributed by atoms with Crippen LogP contribution in [0.25, 0.3) is 11.0 Å². The fourth-order valence-electron chi connectivity index (χ4n) is 3.58. The third-order valence-electron chi connectivity index (χ3n) is 5.26. The number of para-hydroxylation sites is 1. The number of ether oxygens (including phenoxy) is 1. The maximum atomic E-state index is 13.0. The molecule has 0 bridgehead atoms. The average molecular weight is 488 g/mol. The first-order valence-electron chi connectivity index (χ1n) is 11.2. The molecule has 4 aromatic rings. The van der Waals surface area contributed by atoms with Crippen LogP contribution in [0, 0.1) is 0 Å². The zero-order valence-electron chi connectivity index (χ0n) is 19.7. The largest absolute Gasteiger partial charge is 0.493 e. The van der Waals surface area contributed by atoms with Crippen molar-refractivity contribution in [2.24, 2.45) is 5.16 Å². The molecule has 1 heterocycles. The van der Waals surface area contributed by atoms with Crippen molar-refractivity contribution in [2.75, 3.05) is 7.11 Å². The van der Waals surface area contributed by atoms with Gasteiger partial charge >= 0.3 is 5.97 Å². The quantitative estimate of drug-likeness (QED) is 0.111. The van der Waals surface area contributed by atoms with Gasteiger partial charge in [0.05, 0.1) is 12.8 Å². The number of nitrogens with zero attached hydrogens (tertiary/aromatic N) is 1. The molecule has 0 saturated carbocycles. The number of fused-ring (bicyclic) bond motifs is 1. The lowest BCUT2D eigenvalue weighted by molar-refractivity contribution is -0.140. The number of hydrogen-bond donors (Lipinski definition) is 0. The molecule has 0 aliphatic carbocycles. The van der Waals surface area contributed by atoms with Gasteiger partial charge in [-0.15, -0.1) is 0 Å². The van der Waals surface area contributed by atoms with E-state index in [0.717, 1.165) is 32.9 Å². The van der Waals surface area contributed by atoms with Crippen molar-refractivity contribution >= 4 is 40.2 Å². The number of carbonyl (C=O) groups excluding carboxylic acids is 2. The molecule has 0 radical (unpaired) electrons. The third-order valence-corrected chi connectivity index (χ3v) is 6.28. The van der Waals surface area contributed by atoms with Crippen molar-refractivity contribution in [3.8, 4) is 5.75 Å². The Kier molecular flexibility index (Phi) is 7.67. The predicted octanol–water partition coefficient (Wildman–Crippen LogP) is 6.89. The first-order chi connectivity index (χ1) is 17.0. The number of carbonyl (C=O) groups is 2. The smallest absolute Gasteiger partial charge is 0.331 e. The second-order valence-electron chi connectivity index (χ2n) is 7.84. The van der Waals surface area contributed by atoms with E-state index in [1.807, 2.05) is 55.5 Å². The summed E-state index contributed by atoms with van der Waals surface area (Å²) < 4.78 is 11.1. The van der Waals surface area contributed by atoms with Crippen LogP contribution in [-0.2, 0) is 9.63 Å². The Morgan fingerprint density at radius 1 is 0.943 bits per heavy atom. The molecule has 6 nitrogen and oxygen atoms in total. The summed E-state index contributed by atoms with van der Waals surface area (Å²) >= 11 is 1.59. The van der Waals surface area contributed by atoms with Gasteiger partial charge in [-0.05, 0) is 60.5 Å². The van der Waals surface area contributed by atoms with Gasteiger partial charge in [0.2, 0.25) is 5.78 Å². The van der Waals surface area contributed by atoms with Crippen molar-refractivity contribution < 1.29 is 23.6 Å². The Labute approximate surface area is 207 Å². The number of oxime groups is 1. The van der Waals surface area contributed by atoms with Crippen molar-refractivity contribution in [2.45, 2.75) is 36.5 Å². The van der Waals surface area contributed by atoms with E-state index in [2.05, 4.69) is 5.16 Å². The Hall–Kier alpha value is -3.84. The average Bonchev–Trinajstić information content (AvgIpc) is 3.32. The number of rotatable bonds is 9. The first kappa shape index (κ1) is 24.3. The number of hydrogen-bond acceptors (Lipinski definition) is 7. The summed E-state index contributed by atoms with van der Waals surface area (Å²) in [6.45, 7) is 3.38. The molecule has 3 aromatic carbocycles. The fraction of sp³-hybridized carbons (Fsp3) is 0.179. The lowest BCUT2D eigenvalue weighted by Gasteiger charge is -2.07. The van der Waals surface area contributed by atoms with Crippen LogP contribution < -0.4 is 4.74 Å². The van der Waals surface area contributed by atoms with E-state index in [1.165, 1.54) is 6.92 Å². The molecule has 7 heteroatoms. The van der Waals surface area contributed by atoms with Crippen LogP contribution in [0.3, 0.4) is 0 Å². The molecule has 1 aromatic heterocycles. The van der Waals surface area contributed by atoms with Crippen LogP contribution >= 0.6 is 11.8 Å². The van der Waals surface area contributed by atoms with Crippen LogP contribution in [-0.4, -0.2) is 24.6 Å². The molecule has 0 atom stereocenters. The minimum atomic E-state index is -0.437. The van der Waals surface area contributed by atoms with Crippen molar-refractivity contribution in [1.29, 1.82) is 0 Å². The summed E-state index contributed by atoms with van der Waals surface area (Å²) in [5.74, 6) is 0.255. The summed E-state index contributed by atoms with van der Waals surface area (Å²) in [7, 11) is 1.57. The molecular formula is C28H25NO5S. The highest BCUT2D eigenvalue weighted by Gasteiger charge is 2.16. The predicted molar refractivity (Wildman–Crippen MR) is 136 cm³/mol. The maximum Gasteiger partial charge on any atom is 0.331 e. The molecular weight excluding hydrogens is 462 g/mol. The second kappa shape index (κ2) is 11.1. The van der Waals surface area contributed by atoms with Crippen LogP contribution in [0.2, 0.25) is 0 Å². The van der Waals surface area contributed by atoms with Gasteiger partial charge < -0.3 is 14.0 Å². The molecule has 0 saturated heterocycles. The van der Waals surface area contributed by atoms with Crippen molar-refractivity contribution in [1.82, 2.24) is 0 Å².